The van der Waals surface area contributed by atoms with E-state index in [9.17, 15) is 13.6 Å². The average molecular weight is 385 g/mol. The van der Waals surface area contributed by atoms with Crippen LogP contribution in [0, 0.1) is 0 Å². The van der Waals surface area contributed by atoms with Crippen LogP contribution in [0.4, 0.5) is 8.78 Å². The first-order valence-electron chi connectivity index (χ1n) is 9.36. The summed E-state index contributed by atoms with van der Waals surface area (Å²) in [5, 5.41) is 2.93. The highest BCUT2D eigenvalue weighted by atomic mass is 19.3. The number of amides is 1. The van der Waals surface area contributed by atoms with Crippen LogP contribution in [0.1, 0.15) is 30.1 Å². The van der Waals surface area contributed by atoms with Crippen molar-refractivity contribution in [2.45, 2.75) is 38.3 Å². The number of hydrogen-bond donors (Lipinski definition) is 1. The van der Waals surface area contributed by atoms with Crippen molar-refractivity contribution in [3.05, 3.63) is 59.9 Å². The molecule has 1 saturated carbocycles. The summed E-state index contributed by atoms with van der Waals surface area (Å²) in [6, 6.07) is 14.3. The number of para-hydroxylation sites is 2. The molecule has 28 heavy (non-hydrogen) atoms. The minimum Gasteiger partial charge on any atom is -0.435 e. The summed E-state index contributed by atoms with van der Waals surface area (Å²) >= 11 is 0. The zero-order valence-corrected chi connectivity index (χ0v) is 15.3. The van der Waals surface area contributed by atoms with Gasteiger partial charge in [0.1, 0.15) is 18.1 Å². The second-order valence-electron chi connectivity index (χ2n) is 6.94. The van der Waals surface area contributed by atoms with E-state index in [0.717, 1.165) is 35.3 Å². The second kappa shape index (κ2) is 7.96. The van der Waals surface area contributed by atoms with Crippen LogP contribution in [-0.4, -0.2) is 28.6 Å². The van der Waals surface area contributed by atoms with Gasteiger partial charge in [-0.15, -0.1) is 0 Å². The molecule has 0 bridgehead atoms. The highest BCUT2D eigenvalue weighted by molar-refractivity contribution is 5.81. The first-order valence-corrected chi connectivity index (χ1v) is 9.36. The fraction of sp³-hybridized carbons (Fsp3) is 0.333. The number of benzene rings is 2. The first kappa shape index (κ1) is 18.4. The van der Waals surface area contributed by atoms with Gasteiger partial charge in [0.2, 0.25) is 5.91 Å². The molecule has 7 heteroatoms. The number of halogens is 2. The Balaban J connectivity index is 1.34. The van der Waals surface area contributed by atoms with Gasteiger partial charge in [-0.1, -0.05) is 24.3 Å². The summed E-state index contributed by atoms with van der Waals surface area (Å²) in [5.74, 6) is 1.50. The maximum Gasteiger partial charge on any atom is 0.387 e. The third-order valence-corrected chi connectivity index (χ3v) is 4.81. The van der Waals surface area contributed by atoms with E-state index >= 15 is 0 Å². The molecule has 1 fully saturated rings. The van der Waals surface area contributed by atoms with Crippen LogP contribution >= 0.6 is 0 Å². The molecule has 1 aromatic heterocycles. The summed E-state index contributed by atoms with van der Waals surface area (Å²) in [6.07, 6.45) is 2.85. The van der Waals surface area contributed by atoms with Crippen LogP contribution in [0.2, 0.25) is 0 Å². The number of alkyl halides is 2. The lowest BCUT2D eigenvalue weighted by Gasteiger charge is -2.10. The van der Waals surface area contributed by atoms with E-state index in [4.69, 9.17) is 4.98 Å². The third kappa shape index (κ3) is 4.30. The highest BCUT2D eigenvalue weighted by Gasteiger charge is 2.30. The molecule has 4 rings (SSSR count). The smallest absolute Gasteiger partial charge is 0.387 e. The van der Waals surface area contributed by atoms with Gasteiger partial charge in [0.25, 0.3) is 0 Å². The number of aromatic nitrogens is 2. The first-order chi connectivity index (χ1) is 13.6. The number of carbonyl (C=O) groups excluding carboxylic acids is 1. The van der Waals surface area contributed by atoms with Crippen LogP contribution in [0.3, 0.4) is 0 Å². The molecule has 1 N–H and O–H groups in total. The van der Waals surface area contributed by atoms with Crippen molar-refractivity contribution in [1.82, 2.24) is 14.9 Å². The monoisotopic (exact) mass is 385 g/mol. The molecule has 0 atom stereocenters. The highest BCUT2D eigenvalue weighted by Crippen LogP contribution is 2.40. The SMILES string of the molecule is O=C(Cn1c(C2CC2)nc2ccccc21)NCCc1ccc(OC(F)F)cc1. The zero-order valence-electron chi connectivity index (χ0n) is 15.3. The molecular weight excluding hydrogens is 364 g/mol. The molecule has 0 unspecified atom stereocenters. The molecular formula is C21H21F2N3O2. The maximum atomic E-state index is 12.5. The van der Waals surface area contributed by atoms with E-state index in [1.165, 1.54) is 12.1 Å². The van der Waals surface area contributed by atoms with Crippen LogP contribution in [0.15, 0.2) is 48.5 Å². The Morgan fingerprint density at radius 3 is 2.64 bits per heavy atom. The number of carbonyl (C=O) groups is 1. The van der Waals surface area contributed by atoms with Crippen LogP contribution in [0.25, 0.3) is 11.0 Å². The Morgan fingerprint density at radius 1 is 1.18 bits per heavy atom. The molecule has 1 amide bonds. The molecule has 0 radical (unpaired) electrons. The zero-order chi connectivity index (χ0) is 19.5. The largest absolute Gasteiger partial charge is 0.435 e. The minimum atomic E-state index is -2.83. The molecule has 146 valence electrons. The van der Waals surface area contributed by atoms with Crippen molar-refractivity contribution in [3.63, 3.8) is 0 Å². The van der Waals surface area contributed by atoms with Gasteiger partial charge in [0.15, 0.2) is 0 Å². The quantitative estimate of drug-likeness (QED) is 0.640. The van der Waals surface area contributed by atoms with Crippen molar-refractivity contribution in [1.29, 1.82) is 0 Å². The van der Waals surface area contributed by atoms with Crippen molar-refractivity contribution in [3.8, 4) is 5.75 Å². The summed E-state index contributed by atoms with van der Waals surface area (Å²) in [5.41, 5.74) is 2.84. The lowest BCUT2D eigenvalue weighted by atomic mass is 10.1. The number of fused-ring (bicyclic) bond motifs is 1. The van der Waals surface area contributed by atoms with Crippen LogP contribution in [0.5, 0.6) is 5.75 Å². The molecule has 2 aromatic carbocycles. The fourth-order valence-corrected chi connectivity index (χ4v) is 3.30. The van der Waals surface area contributed by atoms with E-state index < -0.39 is 6.61 Å². The van der Waals surface area contributed by atoms with Gasteiger partial charge in [0.05, 0.1) is 11.0 Å². The van der Waals surface area contributed by atoms with E-state index in [2.05, 4.69) is 10.1 Å². The van der Waals surface area contributed by atoms with Gasteiger partial charge in [0, 0.05) is 12.5 Å². The average Bonchev–Trinajstić information content (AvgIpc) is 3.46. The van der Waals surface area contributed by atoms with Gasteiger partial charge in [-0.2, -0.15) is 8.78 Å². The number of nitrogens with one attached hydrogen (secondary N) is 1. The van der Waals surface area contributed by atoms with E-state index in [1.807, 2.05) is 28.8 Å². The molecule has 5 nitrogen and oxygen atoms in total. The Labute approximate surface area is 161 Å². The number of ether oxygens (including phenoxy) is 1. The number of hydrogen-bond acceptors (Lipinski definition) is 3. The summed E-state index contributed by atoms with van der Waals surface area (Å²) in [6.45, 7) is -2.11. The molecule has 1 aliphatic rings. The Hall–Kier alpha value is -2.96. The van der Waals surface area contributed by atoms with Crippen molar-refractivity contribution >= 4 is 16.9 Å². The molecule has 0 saturated heterocycles. The lowest BCUT2D eigenvalue weighted by Crippen LogP contribution is -2.29. The molecule has 1 aliphatic carbocycles. The van der Waals surface area contributed by atoms with Crippen molar-refractivity contribution < 1.29 is 18.3 Å². The number of rotatable bonds is 8. The summed E-state index contributed by atoms with van der Waals surface area (Å²) in [7, 11) is 0. The fourth-order valence-electron chi connectivity index (χ4n) is 3.30. The Bertz CT molecular complexity index is 965. The Morgan fingerprint density at radius 2 is 1.93 bits per heavy atom. The maximum absolute atomic E-state index is 12.5. The molecule has 0 spiro atoms. The topological polar surface area (TPSA) is 56.2 Å². The van der Waals surface area contributed by atoms with Crippen molar-refractivity contribution in [2.24, 2.45) is 0 Å². The molecule has 0 aliphatic heterocycles. The third-order valence-electron chi connectivity index (χ3n) is 4.81. The summed E-state index contributed by atoms with van der Waals surface area (Å²) in [4.78, 5) is 17.2. The van der Waals surface area contributed by atoms with Gasteiger partial charge in [-0.05, 0) is 49.1 Å². The predicted molar refractivity (Wildman–Crippen MR) is 101 cm³/mol. The van der Waals surface area contributed by atoms with Crippen LogP contribution in [-0.2, 0) is 17.8 Å². The molecule has 3 aromatic rings. The molecule has 1 heterocycles. The van der Waals surface area contributed by atoms with Crippen molar-refractivity contribution in [2.75, 3.05) is 6.54 Å². The van der Waals surface area contributed by atoms with E-state index in [1.54, 1.807) is 12.1 Å². The number of nitrogens with zero attached hydrogens (tertiary/aromatic N) is 2. The van der Waals surface area contributed by atoms with Gasteiger partial charge in [-0.25, -0.2) is 4.98 Å². The Kier molecular flexibility index (Phi) is 5.23. The summed E-state index contributed by atoms with van der Waals surface area (Å²) < 4.78 is 30.7. The second-order valence-corrected chi connectivity index (χ2v) is 6.94. The lowest BCUT2D eigenvalue weighted by molar-refractivity contribution is -0.121. The van der Waals surface area contributed by atoms with E-state index in [0.29, 0.717) is 18.9 Å². The van der Waals surface area contributed by atoms with E-state index in [-0.39, 0.29) is 18.2 Å². The standard InChI is InChI=1S/C21H21F2N3O2/c22-21(23)28-16-9-5-14(6-10-16)11-12-24-19(27)13-26-18-4-2-1-3-17(18)25-20(26)15-7-8-15/h1-6,9-10,15,21H,7-8,11-13H2,(H,24,27). The van der Waals surface area contributed by atoms with Crippen LogP contribution < -0.4 is 10.1 Å². The minimum absolute atomic E-state index is 0.0669. The number of imidazole rings is 1. The van der Waals surface area contributed by atoms with Gasteiger partial charge in [-0.3, -0.25) is 4.79 Å². The van der Waals surface area contributed by atoms with Gasteiger partial charge < -0.3 is 14.6 Å². The van der Waals surface area contributed by atoms with Gasteiger partial charge >= 0.3 is 6.61 Å². The normalized spacial score (nSPS) is 13.8. The predicted octanol–water partition coefficient (Wildman–Crippen LogP) is 3.87.